The van der Waals surface area contributed by atoms with E-state index in [0.29, 0.717) is 6.54 Å². The fourth-order valence-corrected chi connectivity index (χ4v) is 2.54. The van der Waals surface area contributed by atoms with Crippen LogP contribution in [0.1, 0.15) is 45.4 Å². The van der Waals surface area contributed by atoms with Gasteiger partial charge in [0, 0.05) is 13.1 Å². The largest absolute Gasteiger partial charge is 0.388 e. The maximum absolute atomic E-state index is 10.6. The van der Waals surface area contributed by atoms with E-state index in [9.17, 15) is 5.11 Å². The predicted octanol–water partition coefficient (Wildman–Crippen LogP) is 2.41. The lowest BCUT2D eigenvalue weighted by molar-refractivity contribution is 0.0380. The molecule has 0 unspecified atom stereocenters. The van der Waals surface area contributed by atoms with Crippen molar-refractivity contribution in [3.8, 4) is 0 Å². The van der Waals surface area contributed by atoms with Gasteiger partial charge in [0.1, 0.15) is 11.6 Å². The maximum atomic E-state index is 10.6. The summed E-state index contributed by atoms with van der Waals surface area (Å²) in [5.41, 5.74) is -0.591. The Morgan fingerprint density at radius 3 is 2.37 bits per heavy atom. The molecule has 0 spiro atoms. The third kappa shape index (κ3) is 4.35. The lowest BCUT2D eigenvalue weighted by atomic mass is 9.94. The van der Waals surface area contributed by atoms with Crippen molar-refractivity contribution in [3.05, 3.63) is 12.4 Å². The van der Waals surface area contributed by atoms with Crippen LogP contribution < -0.4 is 10.6 Å². The van der Waals surface area contributed by atoms with Gasteiger partial charge < -0.3 is 15.7 Å². The summed E-state index contributed by atoms with van der Waals surface area (Å²) >= 11 is 0. The van der Waals surface area contributed by atoms with E-state index in [1.165, 1.54) is 12.8 Å². The molecule has 1 aliphatic rings. The molecule has 0 amide bonds. The van der Waals surface area contributed by atoms with Crippen molar-refractivity contribution in [2.24, 2.45) is 0 Å². The smallest absolute Gasteiger partial charge is 0.147 e. The minimum atomic E-state index is -0.591. The van der Waals surface area contributed by atoms with E-state index in [4.69, 9.17) is 0 Å². The minimum Gasteiger partial charge on any atom is -0.388 e. The molecule has 5 heteroatoms. The second-order valence-corrected chi connectivity index (χ2v) is 5.31. The molecule has 3 N–H and O–H groups in total. The molecule has 1 fully saturated rings. The van der Waals surface area contributed by atoms with Crippen LogP contribution in [0.2, 0.25) is 0 Å². The molecular weight excluding hydrogens is 240 g/mol. The SMILES string of the molecule is CCNc1cncc(NCC2(O)CCCCCC2)n1. The van der Waals surface area contributed by atoms with E-state index < -0.39 is 5.60 Å². The Labute approximate surface area is 114 Å². The summed E-state index contributed by atoms with van der Waals surface area (Å²) in [6.45, 7) is 3.40. The first-order valence-corrected chi connectivity index (χ1v) is 7.24. The number of hydrogen-bond acceptors (Lipinski definition) is 5. The van der Waals surface area contributed by atoms with Crippen LogP contribution in [0.5, 0.6) is 0 Å². The van der Waals surface area contributed by atoms with Crippen molar-refractivity contribution >= 4 is 11.6 Å². The Balaban J connectivity index is 1.91. The lowest BCUT2D eigenvalue weighted by Gasteiger charge is -2.27. The first kappa shape index (κ1) is 14.1. The molecule has 0 aliphatic heterocycles. The highest BCUT2D eigenvalue weighted by atomic mass is 16.3. The number of aliphatic hydroxyl groups is 1. The van der Waals surface area contributed by atoms with Gasteiger partial charge in [0.15, 0.2) is 0 Å². The Kier molecular flexibility index (Phi) is 4.96. The summed E-state index contributed by atoms with van der Waals surface area (Å²) in [6, 6.07) is 0. The van der Waals surface area contributed by atoms with Crippen molar-refractivity contribution in [3.63, 3.8) is 0 Å². The average Bonchev–Trinajstić information content (AvgIpc) is 2.63. The lowest BCUT2D eigenvalue weighted by Crippen LogP contribution is -2.36. The molecule has 1 aromatic rings. The third-order valence-electron chi connectivity index (χ3n) is 3.63. The molecule has 1 heterocycles. The summed E-state index contributed by atoms with van der Waals surface area (Å²) < 4.78 is 0. The van der Waals surface area contributed by atoms with Gasteiger partial charge in [0.25, 0.3) is 0 Å². The van der Waals surface area contributed by atoms with Crippen LogP contribution in [0.25, 0.3) is 0 Å². The van der Waals surface area contributed by atoms with Gasteiger partial charge in [-0.3, -0.25) is 4.98 Å². The zero-order chi connectivity index (χ0) is 13.6. The Morgan fingerprint density at radius 2 is 1.74 bits per heavy atom. The monoisotopic (exact) mass is 264 g/mol. The first-order valence-electron chi connectivity index (χ1n) is 7.24. The van der Waals surface area contributed by atoms with E-state index in [-0.39, 0.29) is 0 Å². The van der Waals surface area contributed by atoms with Gasteiger partial charge in [0.2, 0.25) is 0 Å². The molecule has 1 aromatic heterocycles. The fourth-order valence-electron chi connectivity index (χ4n) is 2.54. The molecule has 5 nitrogen and oxygen atoms in total. The van der Waals surface area contributed by atoms with E-state index >= 15 is 0 Å². The zero-order valence-electron chi connectivity index (χ0n) is 11.7. The molecule has 0 saturated heterocycles. The van der Waals surface area contributed by atoms with Gasteiger partial charge in [0.05, 0.1) is 18.0 Å². The Morgan fingerprint density at radius 1 is 1.11 bits per heavy atom. The molecule has 0 atom stereocenters. The second kappa shape index (κ2) is 6.70. The maximum Gasteiger partial charge on any atom is 0.147 e. The van der Waals surface area contributed by atoms with Gasteiger partial charge in [-0.15, -0.1) is 0 Å². The number of nitrogens with zero attached hydrogens (tertiary/aromatic N) is 2. The summed E-state index contributed by atoms with van der Waals surface area (Å²) in [5, 5.41) is 16.9. The number of anilines is 2. The van der Waals surface area contributed by atoms with Gasteiger partial charge in [-0.05, 0) is 19.8 Å². The predicted molar refractivity (Wildman–Crippen MR) is 77.3 cm³/mol. The van der Waals surface area contributed by atoms with Crippen LogP contribution >= 0.6 is 0 Å². The van der Waals surface area contributed by atoms with Gasteiger partial charge in [-0.1, -0.05) is 25.7 Å². The van der Waals surface area contributed by atoms with Crippen LogP contribution in [0.15, 0.2) is 12.4 Å². The van der Waals surface area contributed by atoms with Crippen molar-refractivity contribution < 1.29 is 5.11 Å². The normalized spacial score (nSPS) is 18.6. The van der Waals surface area contributed by atoms with E-state index in [0.717, 1.165) is 43.9 Å². The fraction of sp³-hybridized carbons (Fsp3) is 0.714. The summed E-state index contributed by atoms with van der Waals surface area (Å²) in [4.78, 5) is 8.54. The first-order chi connectivity index (χ1) is 9.22. The molecule has 19 heavy (non-hydrogen) atoms. The van der Waals surface area contributed by atoms with E-state index in [1.54, 1.807) is 12.4 Å². The zero-order valence-corrected chi connectivity index (χ0v) is 11.7. The molecular formula is C14H24N4O. The average molecular weight is 264 g/mol. The molecule has 0 aromatic carbocycles. The minimum absolute atomic E-state index is 0.553. The van der Waals surface area contributed by atoms with Crippen molar-refractivity contribution in [2.75, 3.05) is 23.7 Å². The molecule has 1 aliphatic carbocycles. The summed E-state index contributed by atoms with van der Waals surface area (Å²) in [6.07, 6.45) is 9.84. The Hall–Kier alpha value is -1.36. The number of hydrogen-bond donors (Lipinski definition) is 3. The summed E-state index contributed by atoms with van der Waals surface area (Å²) in [5.74, 6) is 1.48. The second-order valence-electron chi connectivity index (χ2n) is 5.31. The van der Waals surface area contributed by atoms with Crippen LogP contribution in [0.4, 0.5) is 11.6 Å². The van der Waals surface area contributed by atoms with E-state index in [1.807, 2.05) is 6.92 Å². The third-order valence-corrected chi connectivity index (χ3v) is 3.63. The standard InChI is InChI=1S/C14H24N4O/c1-2-16-12-9-15-10-13(18-12)17-11-14(19)7-5-3-4-6-8-14/h9-10,19H,2-8,11H2,1H3,(H2,16,17,18). The molecule has 0 bridgehead atoms. The van der Waals surface area contributed by atoms with Gasteiger partial charge >= 0.3 is 0 Å². The van der Waals surface area contributed by atoms with Crippen LogP contribution in [0.3, 0.4) is 0 Å². The van der Waals surface area contributed by atoms with Crippen molar-refractivity contribution in [2.45, 2.75) is 51.0 Å². The highest BCUT2D eigenvalue weighted by molar-refractivity contribution is 5.41. The number of rotatable bonds is 5. The van der Waals surface area contributed by atoms with Crippen LogP contribution in [0, 0.1) is 0 Å². The number of nitrogens with one attached hydrogen (secondary N) is 2. The summed E-state index contributed by atoms with van der Waals surface area (Å²) in [7, 11) is 0. The van der Waals surface area contributed by atoms with Gasteiger partial charge in [-0.25, -0.2) is 4.98 Å². The van der Waals surface area contributed by atoms with Crippen LogP contribution in [-0.4, -0.2) is 33.8 Å². The highest BCUT2D eigenvalue weighted by Gasteiger charge is 2.27. The highest BCUT2D eigenvalue weighted by Crippen LogP contribution is 2.27. The molecule has 2 rings (SSSR count). The van der Waals surface area contributed by atoms with Crippen molar-refractivity contribution in [1.29, 1.82) is 0 Å². The Bertz CT molecular complexity index is 389. The molecule has 106 valence electrons. The molecule has 0 radical (unpaired) electrons. The van der Waals surface area contributed by atoms with Crippen LogP contribution in [-0.2, 0) is 0 Å². The number of aromatic nitrogens is 2. The van der Waals surface area contributed by atoms with E-state index in [2.05, 4.69) is 20.6 Å². The topological polar surface area (TPSA) is 70.1 Å². The quantitative estimate of drug-likeness (QED) is 0.712. The van der Waals surface area contributed by atoms with Gasteiger partial charge in [-0.2, -0.15) is 0 Å². The molecule has 1 saturated carbocycles. The van der Waals surface area contributed by atoms with Crippen molar-refractivity contribution in [1.82, 2.24) is 9.97 Å².